The van der Waals surface area contributed by atoms with Crippen molar-refractivity contribution in [3.05, 3.63) is 37.5 Å². The zero-order chi connectivity index (χ0) is 12.0. The number of azide groups is 1. The van der Waals surface area contributed by atoms with Gasteiger partial charge in [0.1, 0.15) is 5.70 Å². The summed E-state index contributed by atoms with van der Waals surface area (Å²) in [6, 6.07) is 0. The van der Waals surface area contributed by atoms with Gasteiger partial charge >= 0.3 is 5.97 Å². The Morgan fingerprint density at radius 3 is 3.00 bits per heavy atom. The fourth-order valence-electron chi connectivity index (χ4n) is 0.923. The van der Waals surface area contributed by atoms with E-state index in [9.17, 15) is 4.79 Å². The molecule has 0 aliphatic carbocycles. The Kier molecular flexibility index (Phi) is 4.85. The summed E-state index contributed by atoms with van der Waals surface area (Å²) in [5, 5.41) is 7.23. The lowest BCUT2D eigenvalue weighted by Gasteiger charge is -2.00. The average Bonchev–Trinajstić information content (AvgIpc) is 2.64. The van der Waals surface area contributed by atoms with Crippen molar-refractivity contribution in [2.75, 3.05) is 6.61 Å². The third kappa shape index (κ3) is 3.27. The summed E-state index contributed by atoms with van der Waals surface area (Å²) in [5.74, 6) is -0.664. The molecule has 1 heterocycles. The number of nitrogens with zero attached hydrogens (tertiary/aromatic N) is 3. The molecule has 0 amide bonds. The Hall–Kier alpha value is -1.49. The summed E-state index contributed by atoms with van der Waals surface area (Å²) >= 11 is 7.23. The molecule has 0 N–H and O–H groups in total. The van der Waals surface area contributed by atoms with E-state index in [0.717, 1.165) is 0 Å². The minimum absolute atomic E-state index is 0.107. The Morgan fingerprint density at radius 1 is 1.75 bits per heavy atom. The van der Waals surface area contributed by atoms with Crippen LogP contribution in [0.2, 0.25) is 5.02 Å². The van der Waals surface area contributed by atoms with Gasteiger partial charge in [-0.15, -0.1) is 0 Å². The summed E-state index contributed by atoms with van der Waals surface area (Å²) in [7, 11) is 0. The van der Waals surface area contributed by atoms with Crippen LogP contribution in [0.1, 0.15) is 12.5 Å². The third-order valence-electron chi connectivity index (χ3n) is 1.57. The zero-order valence-corrected chi connectivity index (χ0v) is 9.96. The molecule has 1 rings (SSSR count). The van der Waals surface area contributed by atoms with E-state index in [1.165, 1.54) is 17.4 Å². The second-order valence-corrected chi connectivity index (χ2v) is 3.77. The van der Waals surface area contributed by atoms with E-state index >= 15 is 0 Å². The molecule has 0 spiro atoms. The summed E-state index contributed by atoms with van der Waals surface area (Å²) in [5.41, 5.74) is 8.85. The molecule has 0 radical (unpaired) electrons. The normalized spacial score (nSPS) is 10.8. The lowest BCUT2D eigenvalue weighted by Crippen LogP contribution is -2.05. The van der Waals surface area contributed by atoms with E-state index in [2.05, 4.69) is 10.0 Å². The first-order valence-corrected chi connectivity index (χ1v) is 5.66. The molecule has 0 saturated heterocycles. The van der Waals surface area contributed by atoms with E-state index in [1.807, 2.05) is 0 Å². The van der Waals surface area contributed by atoms with Crippen molar-refractivity contribution in [1.82, 2.24) is 0 Å². The van der Waals surface area contributed by atoms with Crippen LogP contribution in [0.15, 0.2) is 21.6 Å². The fraction of sp³-hybridized carbons (Fsp3) is 0.222. The number of rotatable bonds is 4. The molecular formula is C9H8ClN3O2S. The van der Waals surface area contributed by atoms with Crippen LogP contribution < -0.4 is 0 Å². The Bertz CT molecular complexity index is 463. The molecule has 0 unspecified atom stereocenters. The maximum Gasteiger partial charge on any atom is 0.340 e. The third-order valence-corrected chi connectivity index (χ3v) is 2.79. The number of halogens is 1. The van der Waals surface area contributed by atoms with Crippen LogP contribution in [0, 0.1) is 0 Å². The van der Waals surface area contributed by atoms with Gasteiger partial charge < -0.3 is 4.74 Å². The summed E-state index contributed by atoms with van der Waals surface area (Å²) in [6.07, 6.45) is 1.40. The van der Waals surface area contributed by atoms with Gasteiger partial charge in [0.25, 0.3) is 0 Å². The van der Waals surface area contributed by atoms with Crippen LogP contribution in [0.25, 0.3) is 16.5 Å². The lowest BCUT2D eigenvalue weighted by molar-refractivity contribution is -0.138. The zero-order valence-electron chi connectivity index (χ0n) is 8.38. The highest BCUT2D eigenvalue weighted by Crippen LogP contribution is 2.23. The van der Waals surface area contributed by atoms with E-state index in [1.54, 1.807) is 17.7 Å². The monoisotopic (exact) mass is 257 g/mol. The summed E-state index contributed by atoms with van der Waals surface area (Å²) < 4.78 is 4.73. The first-order valence-electron chi connectivity index (χ1n) is 4.34. The molecule has 16 heavy (non-hydrogen) atoms. The van der Waals surface area contributed by atoms with Gasteiger partial charge in [0.15, 0.2) is 0 Å². The van der Waals surface area contributed by atoms with Crippen LogP contribution >= 0.6 is 22.9 Å². The number of hydrogen-bond acceptors (Lipinski definition) is 4. The van der Waals surface area contributed by atoms with Gasteiger partial charge in [-0.25, -0.2) is 4.79 Å². The number of carbonyl (C=O) groups excluding carboxylic acids is 1. The van der Waals surface area contributed by atoms with Crippen molar-refractivity contribution < 1.29 is 9.53 Å². The van der Waals surface area contributed by atoms with E-state index in [-0.39, 0.29) is 12.3 Å². The Morgan fingerprint density at radius 2 is 2.50 bits per heavy atom. The van der Waals surface area contributed by atoms with E-state index in [0.29, 0.717) is 10.6 Å². The molecule has 0 fully saturated rings. The minimum Gasteiger partial charge on any atom is -0.462 e. The summed E-state index contributed by atoms with van der Waals surface area (Å²) in [6.45, 7) is 1.89. The number of ether oxygens (including phenoxy) is 1. The maximum atomic E-state index is 11.4. The van der Waals surface area contributed by atoms with Crippen LogP contribution in [-0.2, 0) is 9.53 Å². The molecule has 7 heteroatoms. The van der Waals surface area contributed by atoms with Crippen molar-refractivity contribution >= 4 is 35.0 Å². The first kappa shape index (κ1) is 12.6. The van der Waals surface area contributed by atoms with Gasteiger partial charge in [0.05, 0.1) is 11.6 Å². The smallest absolute Gasteiger partial charge is 0.340 e. The highest BCUT2D eigenvalue weighted by atomic mass is 35.5. The van der Waals surface area contributed by atoms with Gasteiger partial charge in [0, 0.05) is 15.9 Å². The molecule has 0 aromatic carbocycles. The fourth-order valence-corrected chi connectivity index (χ4v) is 1.92. The van der Waals surface area contributed by atoms with Crippen molar-refractivity contribution in [3.8, 4) is 0 Å². The second-order valence-electron chi connectivity index (χ2n) is 2.61. The van der Waals surface area contributed by atoms with Crippen molar-refractivity contribution in [1.29, 1.82) is 0 Å². The molecule has 0 aliphatic rings. The number of carbonyl (C=O) groups is 1. The van der Waals surface area contributed by atoms with Crippen LogP contribution in [0.4, 0.5) is 0 Å². The topological polar surface area (TPSA) is 75.1 Å². The molecule has 5 nitrogen and oxygen atoms in total. The summed E-state index contributed by atoms with van der Waals surface area (Å²) in [4.78, 5) is 13.9. The van der Waals surface area contributed by atoms with Gasteiger partial charge in [0.2, 0.25) is 0 Å². The molecule has 84 valence electrons. The van der Waals surface area contributed by atoms with Crippen LogP contribution in [0.3, 0.4) is 0 Å². The van der Waals surface area contributed by atoms with Crippen molar-refractivity contribution in [2.45, 2.75) is 6.92 Å². The van der Waals surface area contributed by atoms with Crippen molar-refractivity contribution in [3.63, 3.8) is 0 Å². The highest BCUT2D eigenvalue weighted by Gasteiger charge is 2.09. The first-order chi connectivity index (χ1) is 7.69. The molecule has 1 aromatic rings. The largest absolute Gasteiger partial charge is 0.462 e. The van der Waals surface area contributed by atoms with Gasteiger partial charge in [-0.05, 0) is 23.9 Å². The molecule has 0 bridgehead atoms. The van der Waals surface area contributed by atoms with Gasteiger partial charge in [-0.3, -0.25) is 0 Å². The predicted molar refractivity (Wildman–Crippen MR) is 63.1 cm³/mol. The number of hydrogen-bond donors (Lipinski definition) is 0. The van der Waals surface area contributed by atoms with E-state index in [4.69, 9.17) is 21.9 Å². The van der Waals surface area contributed by atoms with E-state index < -0.39 is 5.97 Å². The van der Waals surface area contributed by atoms with Crippen LogP contribution in [0.5, 0.6) is 0 Å². The minimum atomic E-state index is -0.664. The van der Waals surface area contributed by atoms with Crippen molar-refractivity contribution in [2.24, 2.45) is 5.11 Å². The maximum absolute atomic E-state index is 11.4. The SMILES string of the molecule is CCOC(=O)/C(=C/c1cscc1Cl)N=[N+]=[N-]. The quantitative estimate of drug-likeness (QED) is 0.272. The van der Waals surface area contributed by atoms with Crippen LogP contribution in [-0.4, -0.2) is 12.6 Å². The molecule has 0 aliphatic heterocycles. The predicted octanol–water partition coefficient (Wildman–Crippen LogP) is 3.62. The molecule has 1 aromatic heterocycles. The number of thiophene rings is 1. The Balaban J connectivity index is 3.02. The highest BCUT2D eigenvalue weighted by molar-refractivity contribution is 7.08. The Labute approximate surface area is 101 Å². The second kappa shape index (κ2) is 6.17. The number of esters is 1. The standard InChI is InChI=1S/C9H8ClN3O2S/c1-2-15-9(14)8(12-13-11)3-6-4-16-5-7(6)10/h3-5H,2H2,1H3/b8-3-. The average molecular weight is 258 g/mol. The molecule has 0 saturated carbocycles. The van der Waals surface area contributed by atoms with Gasteiger partial charge in [-0.1, -0.05) is 16.7 Å². The molecule has 0 atom stereocenters. The lowest BCUT2D eigenvalue weighted by atomic mass is 10.3. The molecular weight excluding hydrogens is 250 g/mol. The van der Waals surface area contributed by atoms with Gasteiger partial charge in [-0.2, -0.15) is 11.3 Å².